The molecule has 0 saturated carbocycles. The minimum Gasteiger partial charge on any atom is -0.310 e. The summed E-state index contributed by atoms with van der Waals surface area (Å²) in [6, 6.07) is 93.2. The number of benzene rings is 10. The van der Waals surface area contributed by atoms with Crippen molar-refractivity contribution in [2.45, 2.75) is 5.41 Å². The number of fused-ring (bicyclic) bond motifs is 6. The molecule has 1 aliphatic rings. The second-order valence-electron chi connectivity index (χ2n) is 16.5. The van der Waals surface area contributed by atoms with Gasteiger partial charge in [0, 0.05) is 33.5 Å². The van der Waals surface area contributed by atoms with Crippen molar-refractivity contribution in [2.75, 3.05) is 4.90 Å². The lowest BCUT2D eigenvalue weighted by Crippen LogP contribution is -2.28. The van der Waals surface area contributed by atoms with Crippen molar-refractivity contribution in [3.63, 3.8) is 0 Å². The van der Waals surface area contributed by atoms with Gasteiger partial charge in [0.2, 0.25) is 0 Å². The molecule has 2 nitrogen and oxygen atoms in total. The maximum absolute atomic E-state index is 2.45. The first-order valence-electron chi connectivity index (χ1n) is 21.8. The first kappa shape index (κ1) is 36.6. The van der Waals surface area contributed by atoms with Gasteiger partial charge in [-0.3, -0.25) is 0 Å². The van der Waals surface area contributed by atoms with E-state index in [1.165, 1.54) is 77.4 Å². The van der Waals surface area contributed by atoms with Crippen LogP contribution in [0.1, 0.15) is 22.3 Å². The van der Waals surface area contributed by atoms with Crippen LogP contribution in [-0.4, -0.2) is 4.57 Å². The Labute approximate surface area is 368 Å². The molecular weight excluding hydrogens is 761 g/mol. The summed E-state index contributed by atoms with van der Waals surface area (Å²) >= 11 is 0. The maximum Gasteiger partial charge on any atom is 0.0714 e. The second-order valence-corrected chi connectivity index (χ2v) is 16.5. The Morgan fingerprint density at radius 3 is 1.29 bits per heavy atom. The van der Waals surface area contributed by atoms with E-state index in [-0.39, 0.29) is 0 Å². The van der Waals surface area contributed by atoms with Crippen molar-refractivity contribution in [1.29, 1.82) is 0 Å². The smallest absolute Gasteiger partial charge is 0.0714 e. The molecule has 0 amide bonds. The number of nitrogens with zero attached hydrogens (tertiary/aromatic N) is 2. The minimum atomic E-state index is -0.508. The molecule has 0 radical (unpaired) electrons. The fourth-order valence-corrected chi connectivity index (χ4v) is 10.3. The van der Waals surface area contributed by atoms with Crippen molar-refractivity contribution < 1.29 is 0 Å². The predicted molar refractivity (Wildman–Crippen MR) is 264 cm³/mol. The Morgan fingerprint density at radius 2 is 0.714 bits per heavy atom. The van der Waals surface area contributed by atoms with E-state index in [9.17, 15) is 0 Å². The summed E-state index contributed by atoms with van der Waals surface area (Å²) in [5.74, 6) is 0. The van der Waals surface area contributed by atoms with Crippen molar-refractivity contribution in [2.24, 2.45) is 0 Å². The van der Waals surface area contributed by atoms with E-state index in [1.54, 1.807) is 0 Å². The van der Waals surface area contributed by atoms with Gasteiger partial charge in [-0.1, -0.05) is 194 Å². The molecule has 0 unspecified atom stereocenters. The van der Waals surface area contributed by atoms with Gasteiger partial charge in [0.15, 0.2) is 0 Å². The maximum atomic E-state index is 2.45. The lowest BCUT2D eigenvalue weighted by atomic mass is 9.67. The van der Waals surface area contributed by atoms with Crippen LogP contribution in [0.2, 0.25) is 0 Å². The Hall–Kier alpha value is -8.20. The molecule has 11 aromatic rings. The first-order valence-corrected chi connectivity index (χ1v) is 21.8. The molecular formula is C61H42N2. The van der Waals surface area contributed by atoms with Gasteiger partial charge in [0.25, 0.3) is 0 Å². The van der Waals surface area contributed by atoms with Crippen molar-refractivity contribution in [3.8, 4) is 39.1 Å². The van der Waals surface area contributed by atoms with Crippen LogP contribution in [0.5, 0.6) is 0 Å². The van der Waals surface area contributed by atoms with Gasteiger partial charge in [0.1, 0.15) is 0 Å². The highest BCUT2D eigenvalue weighted by molar-refractivity contribution is 6.09. The Morgan fingerprint density at radius 1 is 0.302 bits per heavy atom. The number of aromatic nitrogens is 1. The van der Waals surface area contributed by atoms with Crippen molar-refractivity contribution in [1.82, 2.24) is 4.57 Å². The topological polar surface area (TPSA) is 8.17 Å². The van der Waals surface area contributed by atoms with E-state index in [4.69, 9.17) is 0 Å². The average molecular weight is 803 g/mol. The molecule has 0 bridgehead atoms. The standard InChI is InChI=1S/C61H42N2/c1-4-16-43(17-5-1)44-28-30-45(31-29-44)46-32-34-49(35-33-46)62(50-36-38-51(39-37-50)63-59-26-14-11-23-55(59)56-24-12-15-27-60(56)63)52-40-41-54-53-22-10-13-25-57(53)61(58(54)42-52,47-18-6-2-7-19-47)48-20-8-3-9-21-48/h1-42H. The van der Waals surface area contributed by atoms with Crippen LogP contribution in [-0.2, 0) is 5.41 Å². The van der Waals surface area contributed by atoms with Crippen LogP contribution in [0.25, 0.3) is 60.9 Å². The molecule has 10 aromatic carbocycles. The fourth-order valence-electron chi connectivity index (χ4n) is 10.3. The van der Waals surface area contributed by atoms with E-state index >= 15 is 0 Å². The highest BCUT2D eigenvalue weighted by Gasteiger charge is 2.46. The summed E-state index contributed by atoms with van der Waals surface area (Å²) < 4.78 is 2.39. The van der Waals surface area contributed by atoms with Gasteiger partial charge in [-0.15, -0.1) is 0 Å². The number of para-hydroxylation sites is 2. The summed E-state index contributed by atoms with van der Waals surface area (Å²) in [5, 5.41) is 2.51. The van der Waals surface area contributed by atoms with Crippen LogP contribution < -0.4 is 4.90 Å². The molecule has 0 atom stereocenters. The summed E-state index contributed by atoms with van der Waals surface area (Å²) in [4.78, 5) is 2.42. The molecule has 12 rings (SSSR count). The summed E-state index contributed by atoms with van der Waals surface area (Å²) in [7, 11) is 0. The normalized spacial score (nSPS) is 12.6. The van der Waals surface area contributed by atoms with Crippen molar-refractivity contribution >= 4 is 38.9 Å². The first-order chi connectivity index (χ1) is 31.3. The van der Waals surface area contributed by atoms with E-state index in [1.807, 2.05) is 0 Å². The van der Waals surface area contributed by atoms with E-state index < -0.39 is 5.41 Å². The summed E-state index contributed by atoms with van der Waals surface area (Å²) in [5.41, 5.74) is 18.7. The highest BCUT2D eigenvalue weighted by Crippen LogP contribution is 2.57. The largest absolute Gasteiger partial charge is 0.310 e. The summed E-state index contributed by atoms with van der Waals surface area (Å²) in [6.45, 7) is 0. The second kappa shape index (κ2) is 15.1. The van der Waals surface area contributed by atoms with Gasteiger partial charge < -0.3 is 9.47 Å². The lowest BCUT2D eigenvalue weighted by Gasteiger charge is -2.35. The van der Waals surface area contributed by atoms with Crippen LogP contribution in [0, 0.1) is 0 Å². The van der Waals surface area contributed by atoms with E-state index in [0.717, 1.165) is 22.7 Å². The van der Waals surface area contributed by atoms with Crippen LogP contribution >= 0.6 is 0 Å². The molecule has 63 heavy (non-hydrogen) atoms. The van der Waals surface area contributed by atoms with Gasteiger partial charge >= 0.3 is 0 Å². The monoisotopic (exact) mass is 802 g/mol. The molecule has 2 heteroatoms. The Bertz CT molecular complexity index is 3310. The molecule has 0 aliphatic heterocycles. The zero-order valence-electron chi connectivity index (χ0n) is 34.6. The van der Waals surface area contributed by atoms with Gasteiger partial charge in [0.05, 0.1) is 16.4 Å². The molecule has 0 saturated heterocycles. The SMILES string of the molecule is c1ccc(-c2ccc(-c3ccc(N(c4ccc(-n5c6ccccc6c6ccccc65)cc4)c4ccc5c(c4)C(c4ccccc4)(c4ccccc4)c4ccccc4-5)cc3)cc2)cc1. The quantitative estimate of drug-likeness (QED) is 0.149. The number of hydrogen-bond donors (Lipinski definition) is 0. The molecule has 1 aliphatic carbocycles. The van der Waals surface area contributed by atoms with Crippen LogP contribution in [0.3, 0.4) is 0 Å². The van der Waals surface area contributed by atoms with Gasteiger partial charge in [-0.2, -0.15) is 0 Å². The van der Waals surface area contributed by atoms with Gasteiger partial charge in [-0.05, 0) is 116 Å². The third-order valence-electron chi connectivity index (χ3n) is 13.1. The number of hydrogen-bond acceptors (Lipinski definition) is 1. The molecule has 1 aromatic heterocycles. The fraction of sp³-hybridized carbons (Fsp3) is 0.0164. The predicted octanol–water partition coefficient (Wildman–Crippen LogP) is 16.0. The Balaban J connectivity index is 1.02. The van der Waals surface area contributed by atoms with E-state index in [2.05, 4.69) is 264 Å². The highest BCUT2D eigenvalue weighted by atomic mass is 15.1. The molecule has 0 N–H and O–H groups in total. The molecule has 1 heterocycles. The lowest BCUT2D eigenvalue weighted by molar-refractivity contribution is 0.768. The van der Waals surface area contributed by atoms with Crippen molar-refractivity contribution in [3.05, 3.63) is 277 Å². The zero-order valence-corrected chi connectivity index (χ0v) is 34.6. The van der Waals surface area contributed by atoms with Gasteiger partial charge in [-0.25, -0.2) is 0 Å². The molecule has 296 valence electrons. The van der Waals surface area contributed by atoms with Crippen LogP contribution in [0.4, 0.5) is 17.1 Å². The number of anilines is 3. The van der Waals surface area contributed by atoms with E-state index in [0.29, 0.717) is 0 Å². The third kappa shape index (κ3) is 5.95. The zero-order chi connectivity index (χ0) is 41.7. The number of rotatable bonds is 8. The molecule has 0 spiro atoms. The van der Waals surface area contributed by atoms with Crippen LogP contribution in [0.15, 0.2) is 255 Å². The Kier molecular flexibility index (Phi) is 8.76. The minimum absolute atomic E-state index is 0.508. The molecule has 0 fully saturated rings. The average Bonchev–Trinajstić information content (AvgIpc) is 3.86. The third-order valence-corrected chi connectivity index (χ3v) is 13.1. The summed E-state index contributed by atoms with van der Waals surface area (Å²) in [6.07, 6.45) is 0.